The van der Waals surface area contributed by atoms with Gasteiger partial charge in [0.1, 0.15) is 0 Å². The Bertz CT molecular complexity index is 4590. The molecule has 0 atom stereocenters. The molecule has 8 aromatic rings. The number of rotatable bonds is 73. The summed E-state index contributed by atoms with van der Waals surface area (Å²) in [4.78, 5) is 3.69. The van der Waals surface area contributed by atoms with Crippen LogP contribution in [0.4, 0.5) is 0 Å². The molecule has 0 saturated heterocycles. The van der Waals surface area contributed by atoms with Gasteiger partial charge in [0.05, 0.1) is 5.57 Å². The van der Waals surface area contributed by atoms with Crippen LogP contribution in [-0.4, -0.2) is 15.4 Å². The molecule has 0 aromatic heterocycles. The molecule has 0 unspecified atom stereocenters. The van der Waals surface area contributed by atoms with E-state index in [1.807, 2.05) is 60.7 Å². The van der Waals surface area contributed by atoms with E-state index in [4.69, 9.17) is 7.76 Å². The van der Waals surface area contributed by atoms with Gasteiger partial charge < -0.3 is 11.1 Å². The van der Waals surface area contributed by atoms with E-state index in [1.165, 1.54) is 378 Å². The Morgan fingerprint density at radius 2 is 0.564 bits per heavy atom. The molecular weight excluding hydrogens is 1840 g/mol. The third kappa shape index (κ3) is 51.0. The van der Waals surface area contributed by atoms with Gasteiger partial charge in [-0.1, -0.05) is 388 Å². The van der Waals surface area contributed by atoms with Crippen molar-refractivity contribution in [2.45, 2.75) is 495 Å². The van der Waals surface area contributed by atoms with Crippen LogP contribution in [0.1, 0.15) is 506 Å². The molecule has 0 bridgehead atoms. The third-order valence-electron chi connectivity index (χ3n) is 27.9. The third-order valence-corrected chi connectivity index (χ3v) is 30.4. The molecule has 0 fully saturated rings. The molecule has 0 aliphatic carbocycles. The molecule has 0 N–H and O–H groups in total. The Morgan fingerprint density at radius 3 is 0.900 bits per heavy atom. The minimum atomic E-state index is 0.562. The Balaban J connectivity index is 0.000000348. The van der Waals surface area contributed by atoms with Crippen molar-refractivity contribution in [3.05, 3.63) is 304 Å². The van der Waals surface area contributed by atoms with Crippen molar-refractivity contribution < 1.29 is 50.3 Å². The second-order valence-electron chi connectivity index (χ2n) is 40.3. The zero-order valence-electron chi connectivity index (χ0n) is 91.4. The van der Waals surface area contributed by atoms with E-state index >= 15 is 0 Å². The first-order chi connectivity index (χ1) is 68.7. The summed E-state index contributed by atoms with van der Waals surface area (Å²) < 4.78 is 15.2. The zero-order chi connectivity index (χ0) is 100. The summed E-state index contributed by atoms with van der Waals surface area (Å²) in [5, 5.41) is 0. The first kappa shape index (κ1) is 122. The molecule has 776 valence electrons. The molecule has 1 aliphatic rings. The van der Waals surface area contributed by atoms with Crippen LogP contribution in [0.3, 0.4) is 0 Å². The Morgan fingerprint density at radius 1 is 0.293 bits per heavy atom. The number of aryl methyl sites for hydroxylation is 10. The van der Waals surface area contributed by atoms with Crippen molar-refractivity contribution in [2.24, 2.45) is 0 Å². The van der Waals surface area contributed by atoms with Crippen molar-refractivity contribution in [2.75, 3.05) is 0 Å². The van der Waals surface area contributed by atoms with Crippen molar-refractivity contribution >= 4 is 30.9 Å². The van der Waals surface area contributed by atoms with Crippen molar-refractivity contribution in [1.29, 1.82) is 0 Å². The predicted octanol–water partition coefficient (Wildman–Crippen LogP) is 39.7. The van der Waals surface area contributed by atoms with Crippen LogP contribution < -0.4 is 8.07 Å². The van der Waals surface area contributed by atoms with Crippen LogP contribution >= 0.6 is 0 Å². The van der Waals surface area contributed by atoms with Crippen LogP contribution in [0.15, 0.2) is 204 Å². The molecular formula is C132H196N4NiO2Pd. The Hall–Kier alpha value is -7.18. The van der Waals surface area contributed by atoms with E-state index in [0.29, 0.717) is 31.2 Å². The first-order valence-corrected chi connectivity index (χ1v) is 59.9. The van der Waals surface area contributed by atoms with Crippen LogP contribution in [0.5, 0.6) is 0 Å². The monoisotopic (exact) mass is 2030 g/mol. The molecule has 8 heteroatoms. The molecule has 1 aliphatic heterocycles. The number of hydrogen-bond acceptors (Lipinski definition) is 2. The molecule has 140 heavy (non-hydrogen) atoms. The van der Waals surface area contributed by atoms with Gasteiger partial charge >= 0.3 is 213 Å². The molecule has 0 amide bonds. The fraction of sp³-hybridized carbons (Fsp3) is 0.576. The summed E-state index contributed by atoms with van der Waals surface area (Å²) in [6.45, 7) is 32.8. The van der Waals surface area contributed by atoms with Crippen LogP contribution in [0.2, 0.25) is 0 Å². The quantitative estimate of drug-likeness (QED) is 0.00724. The fourth-order valence-electron chi connectivity index (χ4n) is 19.3. The van der Waals surface area contributed by atoms with Gasteiger partial charge in [0.2, 0.25) is 11.4 Å². The van der Waals surface area contributed by atoms with Crippen molar-refractivity contribution in [3.8, 4) is 0 Å². The molecule has 0 radical (unpaired) electrons. The summed E-state index contributed by atoms with van der Waals surface area (Å²) in [7, 11) is 0. The average Bonchev–Trinajstić information content (AvgIpc) is 1.60. The molecule has 0 saturated carbocycles. The predicted molar refractivity (Wildman–Crippen MR) is 603 cm³/mol. The van der Waals surface area contributed by atoms with Crippen LogP contribution in [0, 0.1) is 13.8 Å². The Kier molecular flexibility index (Phi) is 68.7. The van der Waals surface area contributed by atoms with Gasteiger partial charge in [-0.3, -0.25) is 0 Å². The molecule has 9 rings (SSSR count). The van der Waals surface area contributed by atoms with Gasteiger partial charge in [-0.05, 0) is 219 Å². The summed E-state index contributed by atoms with van der Waals surface area (Å²) in [5.41, 5.74) is 52.3. The average molecular weight is 2040 g/mol. The first-order valence-electron chi connectivity index (χ1n) is 57.5. The normalized spacial score (nSPS) is 12.1. The number of allylic oxidation sites excluding steroid dienone is 4. The van der Waals surface area contributed by atoms with Gasteiger partial charge in [0.25, 0.3) is 0 Å². The number of benzene rings is 8. The van der Waals surface area contributed by atoms with E-state index in [1.54, 1.807) is 4.70 Å². The molecule has 8 aromatic carbocycles. The maximum atomic E-state index is 12.1. The van der Waals surface area contributed by atoms with Gasteiger partial charge in [-0.25, -0.2) is 4.70 Å². The summed E-state index contributed by atoms with van der Waals surface area (Å²) >= 11 is 1.43. The van der Waals surface area contributed by atoms with Crippen LogP contribution in [-0.2, 0) is 105 Å². The van der Waals surface area contributed by atoms with Gasteiger partial charge in [0, 0.05) is 22.3 Å². The number of hydrogen-bond donors (Lipinski definition) is 0. The second-order valence-corrected chi connectivity index (χ2v) is 43.2. The Labute approximate surface area is 874 Å². The topological polar surface area (TPSA) is 80.2 Å². The van der Waals surface area contributed by atoms with Gasteiger partial charge in [0.15, 0.2) is 0 Å². The molecule has 0 spiro atoms. The standard InChI is InChI=1S/C68H116N2.C36H52N2.2C7H7O.2C7H7.Ni.Pd/c1-7-13-17-21-22-23-24-25-26-27-28-29-30-31-32-33-34-35-36-37-38-39-40-41-42-43-44-47-51-64(59-70-69)67(52-48-20-16-10-4)68(65-55-60(11-5)53-61(12-6)56-65)66-57-62(49-45-18-14-8-2)54-63(58-66)50-46-19-15-9-3;1-7-13-17-29-22-30(18-14-8-2)26-32(25-29)36-34(20-16-10-4)33(19-15-9-3)35(38(36)37)31-23-27(11-5)21-28(12-6)24-31;2*8-6-7-4-2-1-3-5-7;2*1-7-5-3-2-4-6-7;;/h53-58H,7-52H2,1-6H3;21-26H,7-20H2,1-6H3;2*1-5H,6H2;2*3-6H,1H3;;/q;;2*-1;;;+2;. The maximum absolute atomic E-state index is 12.1. The van der Waals surface area contributed by atoms with E-state index in [9.17, 15) is 11.1 Å². The summed E-state index contributed by atoms with van der Waals surface area (Å²) in [6.07, 6.45) is 76.8. The molecule has 1 heterocycles. The SMILES string of the molecule is CCCCC1=C(c2cc(CC)cc(CC)c2)[N+](=[N-])C(c2cc(CCCC)cc(CCCC)c2)=C1CCCC.CCCCCCCCCCCCCCCCCCCCCCCCCCCCCCC(=C=[N+]=[N-])C(CCCCCC)=C(c1cc(CC)cc(CC)c1)c1cc(CCCCCC)cc(CCCCCC)c1.Cc1cc[c]([Pd][c]2ccc(C)cc2)cc1.c1ccc(C[O][Ni][O]Cc2ccccc2)cc1. The van der Waals surface area contributed by atoms with E-state index in [0.717, 1.165) is 159 Å². The van der Waals surface area contributed by atoms with E-state index in [-0.39, 0.29) is 0 Å². The van der Waals surface area contributed by atoms with Gasteiger partial charge in [-0.15, -0.1) is 4.79 Å². The van der Waals surface area contributed by atoms with Crippen LogP contribution in [0.25, 0.3) is 28.0 Å². The minimum absolute atomic E-state index is 0.562. The zero-order valence-corrected chi connectivity index (χ0v) is 93.9. The summed E-state index contributed by atoms with van der Waals surface area (Å²) in [5.74, 6) is 3.24. The second kappa shape index (κ2) is 79.2. The van der Waals surface area contributed by atoms with E-state index < -0.39 is 0 Å². The summed E-state index contributed by atoms with van der Waals surface area (Å²) in [6, 6.07) is 66.8. The van der Waals surface area contributed by atoms with Gasteiger partial charge in [-0.2, -0.15) is 0 Å². The van der Waals surface area contributed by atoms with E-state index in [2.05, 4.69) is 229 Å². The number of unbranched alkanes of at least 4 members (excludes halogenated alkanes) is 40. The number of nitrogens with zero attached hydrogens (tertiary/aromatic N) is 4. The van der Waals surface area contributed by atoms with Crippen molar-refractivity contribution in [1.82, 2.24) is 0 Å². The van der Waals surface area contributed by atoms with Crippen molar-refractivity contribution in [3.63, 3.8) is 0 Å². The fourth-order valence-corrected chi connectivity index (χ4v) is 21.4. The molecule has 6 nitrogen and oxygen atoms in total.